The maximum Gasteiger partial charge on any atom is 0.231 e. The first-order chi connectivity index (χ1) is 11.3. The molecule has 23 heavy (non-hydrogen) atoms. The minimum atomic E-state index is -0.540. The summed E-state index contributed by atoms with van der Waals surface area (Å²) in [4.78, 5) is 17.2. The summed E-state index contributed by atoms with van der Waals surface area (Å²) < 4.78 is 16.0. The van der Waals surface area contributed by atoms with Crippen molar-refractivity contribution in [3.63, 3.8) is 0 Å². The van der Waals surface area contributed by atoms with Crippen molar-refractivity contribution in [2.24, 2.45) is 4.99 Å². The topological polar surface area (TPSA) is 57.1 Å². The number of benzene rings is 2. The molecular weight excluding hydrogens is 294 g/mol. The van der Waals surface area contributed by atoms with Crippen molar-refractivity contribution in [1.29, 1.82) is 0 Å². The van der Waals surface area contributed by atoms with Gasteiger partial charge in [0.05, 0.1) is 7.11 Å². The highest BCUT2D eigenvalue weighted by Gasteiger charge is 2.28. The molecule has 0 saturated carbocycles. The number of ether oxygens (including phenoxy) is 3. The van der Waals surface area contributed by atoms with Crippen molar-refractivity contribution in [3.05, 3.63) is 53.1 Å². The molecule has 0 unspecified atom stereocenters. The van der Waals surface area contributed by atoms with Crippen LogP contribution in [0.15, 0.2) is 41.4 Å². The quantitative estimate of drug-likeness (QED) is 0.818. The zero-order valence-corrected chi connectivity index (χ0v) is 12.6. The van der Waals surface area contributed by atoms with E-state index in [1.54, 1.807) is 37.6 Å². The summed E-state index contributed by atoms with van der Waals surface area (Å²) in [5.74, 6) is 2.09. The molecule has 5 heteroatoms. The number of Topliss-reactive ketones (excluding diaryl/α,β-unsaturated/α-hetero) is 1. The number of carbonyl (C=O) groups excluding carboxylic acids is 1. The Bertz CT molecular complexity index is 795. The second kappa shape index (κ2) is 5.43. The molecule has 2 aromatic carbocycles. The highest BCUT2D eigenvalue weighted by atomic mass is 16.7. The van der Waals surface area contributed by atoms with Gasteiger partial charge in [0.1, 0.15) is 11.8 Å². The van der Waals surface area contributed by atoms with Crippen LogP contribution in [0.4, 0.5) is 0 Å². The van der Waals surface area contributed by atoms with Crippen LogP contribution in [0.3, 0.4) is 0 Å². The van der Waals surface area contributed by atoms with Crippen LogP contribution in [-0.2, 0) is 6.42 Å². The number of rotatable bonds is 3. The Hall–Kier alpha value is -2.82. The van der Waals surface area contributed by atoms with Crippen LogP contribution in [0.1, 0.15) is 27.5 Å². The van der Waals surface area contributed by atoms with Crippen molar-refractivity contribution in [2.45, 2.75) is 12.5 Å². The fourth-order valence-corrected chi connectivity index (χ4v) is 2.89. The average molecular weight is 309 g/mol. The number of aliphatic imine (C=N–C) groups is 1. The Kier molecular flexibility index (Phi) is 3.26. The van der Waals surface area contributed by atoms with Gasteiger partial charge in [-0.25, -0.2) is 0 Å². The van der Waals surface area contributed by atoms with Crippen LogP contribution in [0.2, 0.25) is 0 Å². The molecule has 2 heterocycles. The monoisotopic (exact) mass is 309 g/mol. The van der Waals surface area contributed by atoms with E-state index in [4.69, 9.17) is 14.2 Å². The Balaban J connectivity index is 1.70. The maximum absolute atomic E-state index is 12.8. The van der Waals surface area contributed by atoms with E-state index in [1.807, 2.05) is 12.1 Å². The van der Waals surface area contributed by atoms with E-state index in [9.17, 15) is 4.79 Å². The normalized spacial score (nSPS) is 17.7. The van der Waals surface area contributed by atoms with Gasteiger partial charge in [0, 0.05) is 18.2 Å². The number of hydrogen-bond donors (Lipinski definition) is 0. The van der Waals surface area contributed by atoms with E-state index in [2.05, 4.69) is 4.99 Å². The van der Waals surface area contributed by atoms with Gasteiger partial charge >= 0.3 is 0 Å². The number of nitrogens with zero attached hydrogens (tertiary/aromatic N) is 1. The predicted molar refractivity (Wildman–Crippen MR) is 84.8 cm³/mol. The number of carbonyl (C=O) groups is 1. The van der Waals surface area contributed by atoms with Crippen LogP contribution in [0.25, 0.3) is 0 Å². The molecule has 0 bridgehead atoms. The zero-order chi connectivity index (χ0) is 15.8. The Morgan fingerprint density at radius 3 is 2.65 bits per heavy atom. The van der Waals surface area contributed by atoms with E-state index in [-0.39, 0.29) is 12.6 Å². The Morgan fingerprint density at radius 2 is 1.91 bits per heavy atom. The van der Waals surface area contributed by atoms with Crippen LogP contribution in [-0.4, -0.2) is 25.9 Å². The van der Waals surface area contributed by atoms with Crippen molar-refractivity contribution < 1.29 is 19.0 Å². The standard InChI is InChI=1S/C18H15NO4/c1-21-13-4-2-11(3-5-13)18(20)17-14-9-16-15(22-10-23-16)8-12(14)6-7-19-17/h2-5,7-9,17H,6,10H2,1H3/t17-/m0/s1. The molecule has 0 aromatic heterocycles. The van der Waals surface area contributed by atoms with Gasteiger partial charge in [-0.1, -0.05) is 0 Å². The lowest BCUT2D eigenvalue weighted by atomic mass is 9.90. The van der Waals surface area contributed by atoms with E-state index >= 15 is 0 Å². The van der Waals surface area contributed by atoms with E-state index in [1.165, 1.54) is 0 Å². The van der Waals surface area contributed by atoms with Crippen molar-refractivity contribution >= 4 is 12.0 Å². The molecule has 2 aliphatic heterocycles. The van der Waals surface area contributed by atoms with Crippen molar-refractivity contribution in [2.75, 3.05) is 13.9 Å². The first-order valence-electron chi connectivity index (χ1n) is 7.38. The number of fused-ring (bicyclic) bond motifs is 2. The molecule has 2 aromatic rings. The highest BCUT2D eigenvalue weighted by molar-refractivity contribution is 6.02. The van der Waals surface area contributed by atoms with Crippen LogP contribution in [0.5, 0.6) is 17.2 Å². The third-order valence-corrected chi connectivity index (χ3v) is 4.12. The molecule has 0 spiro atoms. The molecule has 0 aliphatic carbocycles. The molecule has 4 rings (SSSR count). The van der Waals surface area contributed by atoms with Gasteiger partial charge in [-0.3, -0.25) is 9.79 Å². The van der Waals surface area contributed by atoms with Crippen molar-refractivity contribution in [1.82, 2.24) is 0 Å². The number of methoxy groups -OCH3 is 1. The van der Waals surface area contributed by atoms with Gasteiger partial charge < -0.3 is 14.2 Å². The summed E-state index contributed by atoms with van der Waals surface area (Å²) in [6, 6.07) is 10.4. The van der Waals surface area contributed by atoms with Gasteiger partial charge in [0.15, 0.2) is 17.3 Å². The molecule has 5 nitrogen and oxygen atoms in total. The number of ketones is 1. The van der Waals surface area contributed by atoms with Gasteiger partial charge in [-0.05, 0) is 47.5 Å². The van der Waals surface area contributed by atoms with Gasteiger partial charge in [-0.2, -0.15) is 0 Å². The Labute approximate surface area is 133 Å². The molecule has 1 atom stereocenters. The smallest absolute Gasteiger partial charge is 0.231 e. The molecule has 0 fully saturated rings. The SMILES string of the molecule is COc1ccc(C(=O)[C@H]2N=CCc3cc4c(cc32)OCO4)cc1. The fourth-order valence-electron chi connectivity index (χ4n) is 2.89. The van der Waals surface area contributed by atoms with Crippen LogP contribution in [0, 0.1) is 0 Å². The number of hydrogen-bond acceptors (Lipinski definition) is 5. The molecule has 0 radical (unpaired) electrons. The lowest BCUT2D eigenvalue weighted by Crippen LogP contribution is -2.16. The minimum absolute atomic E-state index is 0.0382. The molecular formula is C18H15NO4. The molecule has 0 N–H and O–H groups in total. The lowest BCUT2D eigenvalue weighted by Gasteiger charge is -2.20. The lowest BCUT2D eigenvalue weighted by molar-refractivity contribution is 0.0961. The van der Waals surface area contributed by atoms with Crippen molar-refractivity contribution in [3.8, 4) is 17.2 Å². The van der Waals surface area contributed by atoms with E-state index < -0.39 is 6.04 Å². The Morgan fingerprint density at radius 1 is 1.17 bits per heavy atom. The van der Waals surface area contributed by atoms with Crippen LogP contribution < -0.4 is 14.2 Å². The van der Waals surface area contributed by atoms with Gasteiger partial charge in [-0.15, -0.1) is 0 Å². The van der Waals surface area contributed by atoms with Crippen LogP contribution >= 0.6 is 0 Å². The van der Waals surface area contributed by atoms with Gasteiger partial charge in [0.25, 0.3) is 0 Å². The minimum Gasteiger partial charge on any atom is -0.497 e. The van der Waals surface area contributed by atoms with E-state index in [0.29, 0.717) is 17.7 Å². The first-order valence-corrected chi connectivity index (χ1v) is 7.38. The highest BCUT2D eigenvalue weighted by Crippen LogP contribution is 2.39. The van der Waals surface area contributed by atoms with E-state index in [0.717, 1.165) is 22.6 Å². The fraction of sp³-hybridized carbons (Fsp3) is 0.222. The second-order valence-corrected chi connectivity index (χ2v) is 5.44. The summed E-state index contributed by atoms with van der Waals surface area (Å²) in [7, 11) is 1.60. The van der Waals surface area contributed by atoms with Gasteiger partial charge in [0.2, 0.25) is 6.79 Å². The summed E-state index contributed by atoms with van der Waals surface area (Å²) in [6.45, 7) is 0.218. The predicted octanol–water partition coefficient (Wildman–Crippen LogP) is 2.97. The third-order valence-electron chi connectivity index (χ3n) is 4.12. The summed E-state index contributed by atoms with van der Waals surface area (Å²) in [5.41, 5.74) is 2.55. The second-order valence-electron chi connectivity index (χ2n) is 5.44. The summed E-state index contributed by atoms with van der Waals surface area (Å²) >= 11 is 0. The molecule has 0 amide bonds. The zero-order valence-electron chi connectivity index (χ0n) is 12.6. The third kappa shape index (κ3) is 2.34. The average Bonchev–Trinajstić information content (AvgIpc) is 3.06. The maximum atomic E-state index is 12.8. The largest absolute Gasteiger partial charge is 0.497 e. The molecule has 2 aliphatic rings. The first kappa shape index (κ1) is 13.8. The molecule has 116 valence electrons. The summed E-state index contributed by atoms with van der Waals surface area (Å²) in [6.07, 6.45) is 2.48. The summed E-state index contributed by atoms with van der Waals surface area (Å²) in [5, 5.41) is 0. The molecule has 0 saturated heterocycles.